The molecule has 76 valence electrons. The van der Waals surface area contributed by atoms with Gasteiger partial charge < -0.3 is 15.4 Å². The van der Waals surface area contributed by atoms with Gasteiger partial charge in [0.05, 0.1) is 11.3 Å². The van der Waals surface area contributed by atoms with Crippen LogP contribution >= 0.6 is 11.6 Å². The predicted octanol–water partition coefficient (Wildman–Crippen LogP) is 0.191. The number of rotatable bonds is 3. The minimum Gasteiger partial charge on any atom is -0.358 e. The number of likely N-dealkylation sites (N-methyl/N-ethyl adjacent to an activating group) is 1. The molecule has 0 unspecified atom stereocenters. The van der Waals surface area contributed by atoms with Crippen molar-refractivity contribution in [2.24, 2.45) is 0 Å². The summed E-state index contributed by atoms with van der Waals surface area (Å²) in [6.45, 7) is -0.0932. The maximum Gasteiger partial charge on any atom is 0.408 e. The zero-order chi connectivity index (χ0) is 10.7. The molecule has 8 heteroatoms. The molecular formula is C6H7ClN4O3. The largest absolute Gasteiger partial charge is 0.408 e. The summed E-state index contributed by atoms with van der Waals surface area (Å²) in [6.07, 6.45) is 1.23. The summed E-state index contributed by atoms with van der Waals surface area (Å²) >= 11 is 5.51. The van der Waals surface area contributed by atoms with E-state index in [9.17, 15) is 14.9 Å². The van der Waals surface area contributed by atoms with E-state index in [4.69, 9.17) is 11.6 Å². The lowest BCUT2D eigenvalue weighted by molar-refractivity contribution is -0.389. The van der Waals surface area contributed by atoms with Crippen LogP contribution in [0.15, 0.2) is 6.20 Å². The van der Waals surface area contributed by atoms with Crippen molar-refractivity contribution in [2.75, 3.05) is 7.05 Å². The Balaban J connectivity index is 2.86. The van der Waals surface area contributed by atoms with Gasteiger partial charge in [-0.05, 0) is 4.92 Å². The van der Waals surface area contributed by atoms with Gasteiger partial charge in [0, 0.05) is 7.05 Å². The molecule has 1 amide bonds. The Kier molecular flexibility index (Phi) is 3.03. The second kappa shape index (κ2) is 4.05. The van der Waals surface area contributed by atoms with Crippen molar-refractivity contribution in [2.45, 2.75) is 6.54 Å². The van der Waals surface area contributed by atoms with Crippen molar-refractivity contribution in [3.63, 3.8) is 0 Å². The van der Waals surface area contributed by atoms with Gasteiger partial charge in [-0.3, -0.25) is 4.79 Å². The minimum absolute atomic E-state index is 0.0843. The third-order valence-electron chi connectivity index (χ3n) is 1.46. The molecule has 14 heavy (non-hydrogen) atoms. The van der Waals surface area contributed by atoms with Gasteiger partial charge in [0.2, 0.25) is 5.91 Å². The molecule has 0 bridgehead atoms. The number of carbonyl (C=O) groups excluding carboxylic acids is 1. The molecule has 0 aliphatic rings. The fourth-order valence-corrected chi connectivity index (χ4v) is 1.04. The molecule has 1 rings (SSSR count). The van der Waals surface area contributed by atoms with Crippen molar-refractivity contribution in [3.05, 3.63) is 21.3 Å². The van der Waals surface area contributed by atoms with E-state index in [2.05, 4.69) is 10.4 Å². The number of hydrogen-bond donors (Lipinski definition) is 1. The summed E-state index contributed by atoms with van der Waals surface area (Å²) in [5.41, 5.74) is 0. The van der Waals surface area contributed by atoms with E-state index in [-0.39, 0.29) is 17.5 Å². The average Bonchev–Trinajstić information content (AvgIpc) is 2.46. The van der Waals surface area contributed by atoms with Gasteiger partial charge >= 0.3 is 5.82 Å². The van der Waals surface area contributed by atoms with E-state index in [1.165, 1.54) is 13.2 Å². The predicted molar refractivity (Wildman–Crippen MR) is 48.0 cm³/mol. The normalized spacial score (nSPS) is 9.86. The first-order valence-corrected chi connectivity index (χ1v) is 4.00. The Hall–Kier alpha value is -1.63. The van der Waals surface area contributed by atoms with Crippen LogP contribution in [-0.4, -0.2) is 27.7 Å². The van der Waals surface area contributed by atoms with Gasteiger partial charge in [0.25, 0.3) is 0 Å². The number of nitrogens with one attached hydrogen (secondary N) is 1. The summed E-state index contributed by atoms with van der Waals surface area (Å²) < 4.78 is 1.11. The van der Waals surface area contributed by atoms with Crippen LogP contribution < -0.4 is 5.32 Å². The van der Waals surface area contributed by atoms with Crippen molar-refractivity contribution in [1.82, 2.24) is 15.1 Å². The lowest BCUT2D eigenvalue weighted by Gasteiger charge is -1.94. The maximum atomic E-state index is 10.9. The molecule has 0 fully saturated rings. The quantitative estimate of drug-likeness (QED) is 0.579. The zero-order valence-electron chi connectivity index (χ0n) is 7.23. The number of hydrogen-bond acceptors (Lipinski definition) is 4. The van der Waals surface area contributed by atoms with Crippen LogP contribution in [0.4, 0.5) is 5.82 Å². The Morgan fingerprint density at radius 3 is 2.93 bits per heavy atom. The fourth-order valence-electron chi connectivity index (χ4n) is 0.818. The first-order valence-electron chi connectivity index (χ1n) is 3.62. The molecule has 0 atom stereocenters. The van der Waals surface area contributed by atoms with E-state index in [1.807, 2.05) is 0 Å². The Morgan fingerprint density at radius 2 is 2.50 bits per heavy atom. The molecule has 1 aromatic heterocycles. The Labute approximate surface area is 83.8 Å². The molecule has 0 aliphatic heterocycles. The van der Waals surface area contributed by atoms with E-state index in [0.29, 0.717) is 0 Å². The van der Waals surface area contributed by atoms with E-state index < -0.39 is 10.7 Å². The summed E-state index contributed by atoms with van der Waals surface area (Å²) in [7, 11) is 1.46. The van der Waals surface area contributed by atoms with Crippen LogP contribution in [0.2, 0.25) is 5.02 Å². The standard InChI is InChI=1S/C6H7ClN4O3/c1-8-5(12)3-10-2-4(7)6(9-10)11(13)14/h2H,3H2,1H3,(H,8,12). The maximum absolute atomic E-state index is 10.9. The number of halogens is 1. The van der Waals surface area contributed by atoms with Gasteiger partial charge in [-0.1, -0.05) is 11.6 Å². The second-order valence-corrected chi connectivity index (χ2v) is 2.84. The van der Waals surface area contributed by atoms with E-state index in [0.717, 1.165) is 4.68 Å². The smallest absolute Gasteiger partial charge is 0.358 e. The van der Waals surface area contributed by atoms with Gasteiger partial charge in [0.15, 0.2) is 5.02 Å². The fraction of sp³-hybridized carbons (Fsp3) is 0.333. The first-order chi connectivity index (χ1) is 6.54. The summed E-state index contributed by atoms with van der Waals surface area (Å²) in [5.74, 6) is -0.755. The van der Waals surface area contributed by atoms with Crippen LogP contribution in [0.25, 0.3) is 0 Å². The van der Waals surface area contributed by atoms with Gasteiger partial charge in [0.1, 0.15) is 6.54 Å². The van der Waals surface area contributed by atoms with Crippen LogP contribution in [0.5, 0.6) is 0 Å². The first kappa shape index (κ1) is 10.5. The van der Waals surface area contributed by atoms with Crippen LogP contribution in [0, 0.1) is 10.1 Å². The second-order valence-electron chi connectivity index (χ2n) is 2.43. The highest BCUT2D eigenvalue weighted by Crippen LogP contribution is 2.20. The Bertz CT molecular complexity index is 375. The molecule has 0 radical (unpaired) electrons. The van der Waals surface area contributed by atoms with Crippen LogP contribution in [0.3, 0.4) is 0 Å². The molecular weight excluding hydrogens is 212 g/mol. The van der Waals surface area contributed by atoms with E-state index in [1.54, 1.807) is 0 Å². The molecule has 0 spiro atoms. The molecule has 0 saturated heterocycles. The van der Waals surface area contributed by atoms with Crippen molar-refractivity contribution >= 4 is 23.3 Å². The highest BCUT2D eigenvalue weighted by Gasteiger charge is 2.19. The zero-order valence-corrected chi connectivity index (χ0v) is 7.98. The topological polar surface area (TPSA) is 90.1 Å². The monoisotopic (exact) mass is 218 g/mol. The average molecular weight is 219 g/mol. The number of carbonyl (C=O) groups is 1. The lowest BCUT2D eigenvalue weighted by atomic mass is 10.6. The third kappa shape index (κ3) is 2.19. The summed E-state index contributed by atoms with van der Waals surface area (Å²) in [4.78, 5) is 20.5. The molecule has 7 nitrogen and oxygen atoms in total. The molecule has 1 heterocycles. The van der Waals surface area contributed by atoms with Gasteiger partial charge in [-0.15, -0.1) is 0 Å². The van der Waals surface area contributed by atoms with Crippen molar-refractivity contribution in [1.29, 1.82) is 0 Å². The number of nitrogens with zero attached hydrogens (tertiary/aromatic N) is 3. The minimum atomic E-state index is -0.706. The Morgan fingerprint density at radius 1 is 1.86 bits per heavy atom. The van der Waals surface area contributed by atoms with Gasteiger partial charge in [-0.2, -0.15) is 4.68 Å². The molecule has 0 saturated carbocycles. The number of aromatic nitrogens is 2. The molecule has 1 aromatic rings. The molecule has 0 aromatic carbocycles. The SMILES string of the molecule is CNC(=O)Cn1cc(Cl)c([N+](=O)[O-])n1. The highest BCUT2D eigenvalue weighted by atomic mass is 35.5. The molecule has 1 N–H and O–H groups in total. The van der Waals surface area contributed by atoms with Crippen LogP contribution in [0.1, 0.15) is 0 Å². The summed E-state index contributed by atoms with van der Waals surface area (Å²) in [6, 6.07) is 0. The lowest BCUT2D eigenvalue weighted by Crippen LogP contribution is -2.23. The molecule has 0 aliphatic carbocycles. The van der Waals surface area contributed by atoms with Crippen LogP contribution in [-0.2, 0) is 11.3 Å². The number of nitro groups is 1. The van der Waals surface area contributed by atoms with Gasteiger partial charge in [-0.25, -0.2) is 0 Å². The van der Waals surface area contributed by atoms with E-state index >= 15 is 0 Å². The number of amides is 1. The van der Waals surface area contributed by atoms with Crippen molar-refractivity contribution in [3.8, 4) is 0 Å². The highest BCUT2D eigenvalue weighted by molar-refractivity contribution is 6.32. The summed E-state index contributed by atoms with van der Waals surface area (Å²) in [5, 5.41) is 16.1. The third-order valence-corrected chi connectivity index (χ3v) is 1.72. The van der Waals surface area contributed by atoms with Crippen molar-refractivity contribution < 1.29 is 9.72 Å².